The molecule has 6 heteroatoms. The highest BCUT2D eigenvalue weighted by Gasteiger charge is 2.15. The lowest BCUT2D eigenvalue weighted by Gasteiger charge is -2.34. The van der Waals surface area contributed by atoms with Crippen molar-refractivity contribution in [1.82, 2.24) is 14.7 Å². The molecule has 1 saturated heterocycles. The normalized spacial score (nSPS) is 15.2. The SMILES string of the molecule is CCCN(CCC)C(=O)CCCC(=O)Nc1ccc(CN2CCN(CC)CC2)cc1. The molecule has 2 rings (SSSR count). The van der Waals surface area contributed by atoms with Crippen LogP contribution in [0.25, 0.3) is 0 Å². The van der Waals surface area contributed by atoms with Gasteiger partial charge in [0.05, 0.1) is 0 Å². The quantitative estimate of drug-likeness (QED) is 0.566. The predicted molar refractivity (Wildman–Crippen MR) is 123 cm³/mol. The standard InChI is InChI=1S/C24H40N4O2/c1-4-14-28(15-5-2)24(30)9-7-8-23(29)25-22-12-10-21(11-13-22)20-27-18-16-26(6-3)17-19-27/h10-13H,4-9,14-20H2,1-3H3,(H,25,29). The van der Waals surface area contributed by atoms with Crippen molar-refractivity contribution in [2.75, 3.05) is 51.1 Å². The number of carbonyl (C=O) groups is 2. The van der Waals surface area contributed by atoms with Crippen LogP contribution >= 0.6 is 0 Å². The van der Waals surface area contributed by atoms with E-state index in [1.54, 1.807) is 0 Å². The third kappa shape index (κ3) is 8.44. The summed E-state index contributed by atoms with van der Waals surface area (Å²) in [5, 5.41) is 2.96. The van der Waals surface area contributed by atoms with Crippen LogP contribution in [-0.2, 0) is 16.1 Å². The van der Waals surface area contributed by atoms with Gasteiger partial charge in [-0.3, -0.25) is 14.5 Å². The summed E-state index contributed by atoms with van der Waals surface area (Å²) in [6, 6.07) is 8.15. The van der Waals surface area contributed by atoms with Crippen LogP contribution < -0.4 is 5.32 Å². The van der Waals surface area contributed by atoms with Crippen LogP contribution in [0.2, 0.25) is 0 Å². The number of carbonyl (C=O) groups excluding carboxylic acids is 2. The topological polar surface area (TPSA) is 55.9 Å². The van der Waals surface area contributed by atoms with Gasteiger partial charge >= 0.3 is 0 Å². The van der Waals surface area contributed by atoms with E-state index in [0.717, 1.165) is 70.9 Å². The van der Waals surface area contributed by atoms with Gasteiger partial charge in [-0.25, -0.2) is 0 Å². The molecule has 0 radical (unpaired) electrons. The van der Waals surface area contributed by atoms with E-state index >= 15 is 0 Å². The highest BCUT2D eigenvalue weighted by Crippen LogP contribution is 2.14. The number of nitrogens with zero attached hydrogens (tertiary/aromatic N) is 3. The first-order chi connectivity index (χ1) is 14.5. The summed E-state index contributed by atoms with van der Waals surface area (Å²) in [6.45, 7) is 14.6. The smallest absolute Gasteiger partial charge is 0.224 e. The molecule has 1 fully saturated rings. The Morgan fingerprint density at radius 3 is 2.07 bits per heavy atom. The molecular weight excluding hydrogens is 376 g/mol. The van der Waals surface area contributed by atoms with Gasteiger partial charge in [-0.15, -0.1) is 0 Å². The fraction of sp³-hybridized carbons (Fsp3) is 0.667. The molecule has 1 aliphatic rings. The lowest BCUT2D eigenvalue weighted by Crippen LogP contribution is -2.45. The van der Waals surface area contributed by atoms with Crippen LogP contribution in [0.1, 0.15) is 58.4 Å². The molecule has 6 nitrogen and oxygen atoms in total. The molecule has 1 aromatic rings. The molecule has 1 heterocycles. The van der Waals surface area contributed by atoms with Crippen LogP contribution in [0, 0.1) is 0 Å². The van der Waals surface area contributed by atoms with E-state index in [1.807, 2.05) is 17.0 Å². The maximum atomic E-state index is 12.3. The van der Waals surface area contributed by atoms with Crippen molar-refractivity contribution < 1.29 is 9.59 Å². The first-order valence-corrected chi connectivity index (χ1v) is 11.7. The van der Waals surface area contributed by atoms with E-state index in [1.165, 1.54) is 5.56 Å². The molecule has 0 bridgehead atoms. The fourth-order valence-electron chi connectivity index (χ4n) is 3.90. The molecule has 1 aliphatic heterocycles. The Balaban J connectivity index is 1.69. The Morgan fingerprint density at radius 1 is 0.900 bits per heavy atom. The highest BCUT2D eigenvalue weighted by atomic mass is 16.2. The maximum absolute atomic E-state index is 12.3. The summed E-state index contributed by atoms with van der Waals surface area (Å²) in [4.78, 5) is 31.4. The zero-order valence-corrected chi connectivity index (χ0v) is 19.2. The predicted octanol–water partition coefficient (Wildman–Crippen LogP) is 3.58. The monoisotopic (exact) mass is 416 g/mol. The van der Waals surface area contributed by atoms with E-state index in [-0.39, 0.29) is 11.8 Å². The average molecular weight is 417 g/mol. The molecule has 168 valence electrons. The minimum atomic E-state index is -0.0243. The lowest BCUT2D eigenvalue weighted by atomic mass is 10.1. The zero-order chi connectivity index (χ0) is 21.8. The number of amides is 2. The molecule has 0 atom stereocenters. The first kappa shape index (κ1) is 24.4. The molecule has 2 amide bonds. The van der Waals surface area contributed by atoms with Crippen molar-refractivity contribution >= 4 is 17.5 Å². The van der Waals surface area contributed by atoms with Gasteiger partial charge in [-0.05, 0) is 43.5 Å². The molecule has 1 aromatic carbocycles. The molecule has 1 N–H and O–H groups in total. The molecule has 0 saturated carbocycles. The fourth-order valence-corrected chi connectivity index (χ4v) is 3.90. The Hall–Kier alpha value is -1.92. The number of hydrogen-bond acceptors (Lipinski definition) is 4. The summed E-state index contributed by atoms with van der Waals surface area (Å²) in [7, 11) is 0. The zero-order valence-electron chi connectivity index (χ0n) is 19.2. The van der Waals surface area contributed by atoms with E-state index in [9.17, 15) is 9.59 Å². The maximum Gasteiger partial charge on any atom is 0.224 e. The van der Waals surface area contributed by atoms with Gasteiger partial charge in [0.2, 0.25) is 11.8 Å². The second-order valence-corrected chi connectivity index (χ2v) is 8.19. The number of piperazine rings is 1. The van der Waals surface area contributed by atoms with Crippen molar-refractivity contribution in [3.63, 3.8) is 0 Å². The number of hydrogen-bond donors (Lipinski definition) is 1. The number of benzene rings is 1. The highest BCUT2D eigenvalue weighted by molar-refractivity contribution is 5.91. The van der Waals surface area contributed by atoms with Gasteiger partial charge < -0.3 is 15.1 Å². The Bertz CT molecular complexity index is 633. The first-order valence-electron chi connectivity index (χ1n) is 11.7. The van der Waals surface area contributed by atoms with Crippen LogP contribution in [-0.4, -0.2) is 72.3 Å². The van der Waals surface area contributed by atoms with Crippen LogP contribution in [0.4, 0.5) is 5.69 Å². The summed E-state index contributed by atoms with van der Waals surface area (Å²) in [6.07, 6.45) is 3.35. The largest absolute Gasteiger partial charge is 0.343 e. The molecule has 0 aromatic heterocycles. The Labute approximate surface area is 182 Å². The van der Waals surface area contributed by atoms with Gasteiger partial charge in [-0.1, -0.05) is 32.9 Å². The number of rotatable bonds is 12. The van der Waals surface area contributed by atoms with Crippen molar-refractivity contribution in [2.45, 2.75) is 59.4 Å². The minimum Gasteiger partial charge on any atom is -0.343 e. The number of nitrogens with one attached hydrogen (secondary N) is 1. The molecule has 0 aliphatic carbocycles. The van der Waals surface area contributed by atoms with Crippen molar-refractivity contribution in [2.24, 2.45) is 0 Å². The number of likely N-dealkylation sites (N-methyl/N-ethyl adjacent to an activating group) is 1. The molecular formula is C24H40N4O2. The minimum absolute atomic E-state index is 0.0243. The lowest BCUT2D eigenvalue weighted by molar-refractivity contribution is -0.131. The van der Waals surface area contributed by atoms with E-state index in [2.05, 4.69) is 48.0 Å². The Kier molecular flexibility index (Phi) is 10.9. The summed E-state index contributed by atoms with van der Waals surface area (Å²) < 4.78 is 0. The van der Waals surface area contributed by atoms with Crippen molar-refractivity contribution in [3.05, 3.63) is 29.8 Å². The van der Waals surface area contributed by atoms with Gasteiger partial charge in [0.25, 0.3) is 0 Å². The van der Waals surface area contributed by atoms with Crippen molar-refractivity contribution in [1.29, 1.82) is 0 Å². The van der Waals surface area contributed by atoms with Gasteiger partial charge in [0.15, 0.2) is 0 Å². The number of anilines is 1. The van der Waals surface area contributed by atoms with Crippen LogP contribution in [0.5, 0.6) is 0 Å². The molecule has 30 heavy (non-hydrogen) atoms. The Morgan fingerprint density at radius 2 is 1.50 bits per heavy atom. The summed E-state index contributed by atoms with van der Waals surface area (Å²) in [5.41, 5.74) is 2.10. The van der Waals surface area contributed by atoms with Gasteiger partial charge in [-0.2, -0.15) is 0 Å². The van der Waals surface area contributed by atoms with E-state index in [0.29, 0.717) is 19.3 Å². The van der Waals surface area contributed by atoms with Gasteiger partial charge in [0.1, 0.15) is 0 Å². The van der Waals surface area contributed by atoms with Crippen LogP contribution in [0.15, 0.2) is 24.3 Å². The third-order valence-electron chi connectivity index (χ3n) is 5.69. The molecule has 0 spiro atoms. The van der Waals surface area contributed by atoms with Crippen molar-refractivity contribution in [3.8, 4) is 0 Å². The van der Waals surface area contributed by atoms with Crippen LogP contribution in [0.3, 0.4) is 0 Å². The summed E-state index contributed by atoms with van der Waals surface area (Å²) in [5.74, 6) is 0.138. The average Bonchev–Trinajstić information content (AvgIpc) is 2.75. The molecule has 0 unspecified atom stereocenters. The second-order valence-electron chi connectivity index (χ2n) is 8.19. The van der Waals surface area contributed by atoms with E-state index in [4.69, 9.17) is 0 Å². The second kappa shape index (κ2) is 13.4. The van der Waals surface area contributed by atoms with E-state index < -0.39 is 0 Å². The summed E-state index contributed by atoms with van der Waals surface area (Å²) >= 11 is 0. The van der Waals surface area contributed by atoms with Gasteiger partial charge in [0, 0.05) is 64.3 Å². The third-order valence-corrected chi connectivity index (χ3v) is 5.69.